The van der Waals surface area contributed by atoms with E-state index >= 15 is 0 Å². The minimum Gasteiger partial charge on any atom is -0.385 e. The largest absolute Gasteiger partial charge is 0.385 e. The minimum absolute atomic E-state index is 0.120. The molecule has 1 aliphatic heterocycles. The van der Waals surface area contributed by atoms with Gasteiger partial charge in [-0.15, -0.1) is 0 Å². The van der Waals surface area contributed by atoms with E-state index in [2.05, 4.69) is 10.2 Å². The molecule has 1 amide bonds. The first-order valence-corrected chi connectivity index (χ1v) is 6.44. The number of amides is 1. The van der Waals surface area contributed by atoms with E-state index in [9.17, 15) is 4.79 Å². The third kappa shape index (κ3) is 6.00. The molecule has 0 aromatic carbocycles. The van der Waals surface area contributed by atoms with Crippen molar-refractivity contribution in [3.8, 4) is 0 Å². The lowest BCUT2D eigenvalue weighted by atomic mass is 10.1. The summed E-state index contributed by atoms with van der Waals surface area (Å²) in [4.78, 5) is 13.8. The Balaban J connectivity index is 2.07. The molecule has 1 rings (SSSR count). The van der Waals surface area contributed by atoms with Gasteiger partial charge in [-0.1, -0.05) is 0 Å². The number of nitrogens with two attached hydrogens (primary N) is 1. The standard InChI is InChI=1S/C12H25N3O2/c1-17-8-2-6-14-12(16)10-15-7-4-11(9-15)3-5-13/h11H,2-10,13H2,1H3,(H,14,16). The number of carbonyl (C=O) groups excluding carboxylic acids is 1. The SMILES string of the molecule is COCCCNC(=O)CN1CCC(CCN)C1. The van der Waals surface area contributed by atoms with E-state index in [0.29, 0.717) is 25.6 Å². The van der Waals surface area contributed by atoms with E-state index < -0.39 is 0 Å². The second-order valence-electron chi connectivity index (χ2n) is 4.66. The molecular formula is C12H25N3O2. The van der Waals surface area contributed by atoms with Gasteiger partial charge in [0.2, 0.25) is 5.91 Å². The monoisotopic (exact) mass is 243 g/mol. The molecule has 0 saturated carbocycles. The number of carbonyl (C=O) groups is 1. The van der Waals surface area contributed by atoms with Crippen LogP contribution in [0.25, 0.3) is 0 Å². The second-order valence-corrected chi connectivity index (χ2v) is 4.66. The van der Waals surface area contributed by atoms with E-state index in [1.54, 1.807) is 7.11 Å². The lowest BCUT2D eigenvalue weighted by Gasteiger charge is -2.15. The van der Waals surface area contributed by atoms with Crippen molar-refractivity contribution in [2.75, 3.05) is 46.4 Å². The number of rotatable bonds is 8. The summed E-state index contributed by atoms with van der Waals surface area (Å²) < 4.78 is 4.92. The maximum absolute atomic E-state index is 11.6. The Morgan fingerprint density at radius 2 is 2.41 bits per heavy atom. The Morgan fingerprint density at radius 1 is 1.59 bits per heavy atom. The number of methoxy groups -OCH3 is 1. The van der Waals surface area contributed by atoms with E-state index in [4.69, 9.17) is 10.5 Å². The van der Waals surface area contributed by atoms with Gasteiger partial charge < -0.3 is 15.8 Å². The first-order valence-electron chi connectivity index (χ1n) is 6.44. The summed E-state index contributed by atoms with van der Waals surface area (Å²) in [6.07, 6.45) is 3.12. The van der Waals surface area contributed by atoms with E-state index in [-0.39, 0.29) is 5.91 Å². The number of likely N-dealkylation sites (tertiary alicyclic amines) is 1. The fourth-order valence-electron chi connectivity index (χ4n) is 2.23. The van der Waals surface area contributed by atoms with E-state index in [1.807, 2.05) is 0 Å². The molecule has 5 nitrogen and oxygen atoms in total. The molecular weight excluding hydrogens is 218 g/mol. The number of nitrogens with one attached hydrogen (secondary N) is 1. The molecule has 1 fully saturated rings. The predicted molar refractivity (Wildman–Crippen MR) is 67.7 cm³/mol. The zero-order valence-corrected chi connectivity index (χ0v) is 10.8. The van der Waals surface area contributed by atoms with Gasteiger partial charge in [-0.05, 0) is 38.3 Å². The average molecular weight is 243 g/mol. The predicted octanol–water partition coefficient (Wildman–Crippen LogP) is -0.190. The third-order valence-electron chi connectivity index (χ3n) is 3.16. The molecule has 0 spiro atoms. The highest BCUT2D eigenvalue weighted by Gasteiger charge is 2.22. The molecule has 100 valence electrons. The Labute approximate surface area is 104 Å². The molecule has 1 saturated heterocycles. The molecule has 0 bridgehead atoms. The molecule has 1 atom stereocenters. The highest BCUT2D eigenvalue weighted by molar-refractivity contribution is 5.77. The smallest absolute Gasteiger partial charge is 0.234 e. The number of nitrogens with zero attached hydrogens (tertiary/aromatic N) is 1. The highest BCUT2D eigenvalue weighted by Crippen LogP contribution is 2.18. The molecule has 1 aliphatic rings. The highest BCUT2D eigenvalue weighted by atomic mass is 16.5. The van der Waals surface area contributed by atoms with Gasteiger partial charge in [0.25, 0.3) is 0 Å². The average Bonchev–Trinajstić information content (AvgIpc) is 2.73. The van der Waals surface area contributed by atoms with Crippen LogP contribution in [0.4, 0.5) is 0 Å². The Bertz CT molecular complexity index is 224. The van der Waals surface area contributed by atoms with Crippen molar-refractivity contribution >= 4 is 5.91 Å². The van der Waals surface area contributed by atoms with Gasteiger partial charge in [0.05, 0.1) is 6.54 Å². The number of hydrogen-bond acceptors (Lipinski definition) is 4. The Kier molecular flexibility index (Phi) is 7.16. The zero-order valence-electron chi connectivity index (χ0n) is 10.8. The normalized spacial score (nSPS) is 20.7. The van der Waals surface area contributed by atoms with Gasteiger partial charge in [-0.3, -0.25) is 9.69 Å². The van der Waals surface area contributed by atoms with Crippen LogP contribution >= 0.6 is 0 Å². The van der Waals surface area contributed by atoms with Crippen LogP contribution < -0.4 is 11.1 Å². The fraction of sp³-hybridized carbons (Fsp3) is 0.917. The second kappa shape index (κ2) is 8.44. The van der Waals surface area contributed by atoms with Gasteiger partial charge in [0, 0.05) is 26.8 Å². The van der Waals surface area contributed by atoms with E-state index in [1.165, 1.54) is 6.42 Å². The van der Waals surface area contributed by atoms with Crippen LogP contribution in [0.2, 0.25) is 0 Å². The van der Waals surface area contributed by atoms with Gasteiger partial charge >= 0.3 is 0 Å². The quantitative estimate of drug-likeness (QED) is 0.580. The molecule has 0 aromatic heterocycles. The molecule has 1 heterocycles. The summed E-state index contributed by atoms with van der Waals surface area (Å²) in [7, 11) is 1.67. The van der Waals surface area contributed by atoms with E-state index in [0.717, 1.165) is 32.5 Å². The van der Waals surface area contributed by atoms with Crippen molar-refractivity contribution < 1.29 is 9.53 Å². The Morgan fingerprint density at radius 3 is 3.12 bits per heavy atom. The first-order chi connectivity index (χ1) is 8.26. The summed E-state index contributed by atoms with van der Waals surface area (Å²) in [6.45, 7) is 4.71. The summed E-state index contributed by atoms with van der Waals surface area (Å²) >= 11 is 0. The fourth-order valence-corrected chi connectivity index (χ4v) is 2.23. The third-order valence-corrected chi connectivity index (χ3v) is 3.16. The van der Waals surface area contributed by atoms with Crippen molar-refractivity contribution in [1.29, 1.82) is 0 Å². The number of ether oxygens (including phenoxy) is 1. The van der Waals surface area contributed by atoms with Gasteiger partial charge in [-0.2, -0.15) is 0 Å². The van der Waals surface area contributed by atoms with Crippen molar-refractivity contribution in [3.05, 3.63) is 0 Å². The molecule has 1 unspecified atom stereocenters. The van der Waals surface area contributed by atoms with Crippen LogP contribution in [0, 0.1) is 5.92 Å². The lowest BCUT2D eigenvalue weighted by Crippen LogP contribution is -2.36. The van der Waals surface area contributed by atoms with Gasteiger partial charge in [0.1, 0.15) is 0 Å². The summed E-state index contributed by atoms with van der Waals surface area (Å²) in [6, 6.07) is 0. The maximum Gasteiger partial charge on any atom is 0.234 e. The molecule has 3 N–H and O–H groups in total. The van der Waals surface area contributed by atoms with Crippen molar-refractivity contribution in [2.24, 2.45) is 11.7 Å². The Hall–Kier alpha value is -0.650. The van der Waals surface area contributed by atoms with Crippen molar-refractivity contribution in [3.63, 3.8) is 0 Å². The van der Waals surface area contributed by atoms with Gasteiger partial charge in [-0.25, -0.2) is 0 Å². The lowest BCUT2D eigenvalue weighted by molar-refractivity contribution is -0.122. The first kappa shape index (κ1) is 14.4. The zero-order chi connectivity index (χ0) is 12.5. The number of hydrogen-bond donors (Lipinski definition) is 2. The summed E-state index contributed by atoms with van der Waals surface area (Å²) in [5.74, 6) is 0.802. The molecule has 5 heteroatoms. The van der Waals surface area contributed by atoms with Gasteiger partial charge in [0.15, 0.2) is 0 Å². The molecule has 0 aliphatic carbocycles. The van der Waals surface area contributed by atoms with Crippen LogP contribution in [0.5, 0.6) is 0 Å². The van der Waals surface area contributed by atoms with Crippen LogP contribution in [0.3, 0.4) is 0 Å². The summed E-state index contributed by atoms with van der Waals surface area (Å²) in [5.41, 5.74) is 5.54. The van der Waals surface area contributed by atoms with Crippen LogP contribution in [0.1, 0.15) is 19.3 Å². The van der Waals surface area contributed by atoms with Crippen LogP contribution in [-0.4, -0.2) is 57.2 Å². The maximum atomic E-state index is 11.6. The van der Waals surface area contributed by atoms with Crippen molar-refractivity contribution in [2.45, 2.75) is 19.3 Å². The minimum atomic E-state index is 0.120. The van der Waals surface area contributed by atoms with Crippen LogP contribution in [0.15, 0.2) is 0 Å². The summed E-state index contributed by atoms with van der Waals surface area (Å²) in [5, 5.41) is 2.91. The topological polar surface area (TPSA) is 67.6 Å². The molecule has 0 radical (unpaired) electrons. The van der Waals surface area contributed by atoms with Crippen LogP contribution in [-0.2, 0) is 9.53 Å². The molecule has 0 aromatic rings. The van der Waals surface area contributed by atoms with Crippen molar-refractivity contribution in [1.82, 2.24) is 10.2 Å². The molecule has 17 heavy (non-hydrogen) atoms.